The monoisotopic (exact) mass is 397 g/mol. The molecule has 0 aromatic rings. The lowest BCUT2D eigenvalue weighted by atomic mass is 10.1. The summed E-state index contributed by atoms with van der Waals surface area (Å²) in [6.45, 7) is 4.86. The zero-order valence-corrected chi connectivity index (χ0v) is 17.4. The van der Waals surface area contributed by atoms with Crippen LogP contribution in [0.25, 0.3) is 0 Å². The third kappa shape index (κ3) is 20.3. The SMILES string of the molecule is CCCCCCCCCCCCOCCN(CCO)CCOP(=O)(O)O. The number of ether oxygens (including phenoxy) is 1. The first-order valence-corrected chi connectivity index (χ1v) is 11.6. The van der Waals surface area contributed by atoms with Gasteiger partial charge >= 0.3 is 7.82 Å². The molecule has 158 valence electrons. The maximum atomic E-state index is 10.6. The summed E-state index contributed by atoms with van der Waals surface area (Å²) < 4.78 is 20.7. The number of hydrogen-bond acceptors (Lipinski definition) is 5. The molecule has 0 unspecified atom stereocenters. The Kier molecular flexibility index (Phi) is 18.4. The Morgan fingerprint density at radius 3 is 1.85 bits per heavy atom. The highest BCUT2D eigenvalue weighted by Gasteiger charge is 2.14. The smallest absolute Gasteiger partial charge is 0.395 e. The molecular formula is C18H40NO6P. The Morgan fingerprint density at radius 2 is 1.31 bits per heavy atom. The molecule has 0 radical (unpaired) electrons. The van der Waals surface area contributed by atoms with E-state index in [1.807, 2.05) is 4.90 Å². The summed E-state index contributed by atoms with van der Waals surface area (Å²) in [6, 6.07) is 0. The summed E-state index contributed by atoms with van der Waals surface area (Å²) in [5.41, 5.74) is 0. The van der Waals surface area contributed by atoms with Crippen LogP contribution in [0.2, 0.25) is 0 Å². The molecule has 0 atom stereocenters. The van der Waals surface area contributed by atoms with Crippen molar-refractivity contribution in [2.24, 2.45) is 0 Å². The van der Waals surface area contributed by atoms with Crippen LogP contribution in [0.4, 0.5) is 0 Å². The molecule has 0 heterocycles. The summed E-state index contributed by atoms with van der Waals surface area (Å²) in [4.78, 5) is 19.2. The molecule has 8 heteroatoms. The molecule has 0 saturated heterocycles. The van der Waals surface area contributed by atoms with Gasteiger partial charge in [0.25, 0.3) is 0 Å². The Bertz CT molecular complexity index is 340. The van der Waals surface area contributed by atoms with Gasteiger partial charge in [-0.2, -0.15) is 0 Å². The molecule has 3 N–H and O–H groups in total. The van der Waals surface area contributed by atoms with Crippen LogP contribution in [0.1, 0.15) is 71.1 Å². The lowest BCUT2D eigenvalue weighted by Gasteiger charge is -2.21. The van der Waals surface area contributed by atoms with Crippen LogP contribution in [0.3, 0.4) is 0 Å². The van der Waals surface area contributed by atoms with Crippen LogP contribution in [-0.4, -0.2) is 65.9 Å². The van der Waals surface area contributed by atoms with Gasteiger partial charge in [-0.1, -0.05) is 64.7 Å². The van der Waals surface area contributed by atoms with Crippen molar-refractivity contribution in [3.63, 3.8) is 0 Å². The molecule has 0 saturated carbocycles. The summed E-state index contributed by atoms with van der Waals surface area (Å²) in [7, 11) is -4.42. The topological polar surface area (TPSA) is 99.5 Å². The third-order valence-corrected chi connectivity index (χ3v) is 4.80. The van der Waals surface area contributed by atoms with E-state index in [1.54, 1.807) is 0 Å². The predicted molar refractivity (Wildman–Crippen MR) is 104 cm³/mol. The van der Waals surface area contributed by atoms with Gasteiger partial charge in [-0.3, -0.25) is 9.42 Å². The van der Waals surface area contributed by atoms with E-state index in [2.05, 4.69) is 11.4 Å². The van der Waals surface area contributed by atoms with Gasteiger partial charge in [0, 0.05) is 26.2 Å². The van der Waals surface area contributed by atoms with Crippen LogP contribution < -0.4 is 0 Å². The Hall–Kier alpha value is -0.0100. The maximum Gasteiger partial charge on any atom is 0.469 e. The minimum Gasteiger partial charge on any atom is -0.395 e. The van der Waals surface area contributed by atoms with E-state index < -0.39 is 7.82 Å². The molecule has 0 fully saturated rings. The molecule has 0 aliphatic carbocycles. The second kappa shape index (κ2) is 18.4. The van der Waals surface area contributed by atoms with Gasteiger partial charge in [-0.05, 0) is 6.42 Å². The van der Waals surface area contributed by atoms with Crippen molar-refractivity contribution in [2.75, 3.05) is 46.1 Å². The molecule has 26 heavy (non-hydrogen) atoms. The van der Waals surface area contributed by atoms with Crippen molar-refractivity contribution in [3.05, 3.63) is 0 Å². The summed E-state index contributed by atoms with van der Waals surface area (Å²) in [6.07, 6.45) is 13.0. The van der Waals surface area contributed by atoms with Crippen molar-refractivity contribution in [2.45, 2.75) is 71.1 Å². The van der Waals surface area contributed by atoms with Gasteiger partial charge in [0.2, 0.25) is 0 Å². The molecule has 0 spiro atoms. The predicted octanol–water partition coefficient (Wildman–Crippen LogP) is 3.33. The fourth-order valence-corrected chi connectivity index (χ4v) is 3.07. The van der Waals surface area contributed by atoms with Gasteiger partial charge in [-0.25, -0.2) is 4.57 Å². The fourth-order valence-electron chi connectivity index (χ4n) is 2.75. The highest BCUT2D eigenvalue weighted by Crippen LogP contribution is 2.35. The van der Waals surface area contributed by atoms with Crippen molar-refractivity contribution in [1.29, 1.82) is 0 Å². The van der Waals surface area contributed by atoms with E-state index in [1.165, 1.54) is 57.8 Å². The first-order valence-electron chi connectivity index (χ1n) is 10.1. The lowest BCUT2D eigenvalue weighted by molar-refractivity contribution is 0.0833. The highest BCUT2D eigenvalue weighted by molar-refractivity contribution is 7.46. The molecule has 0 aliphatic rings. The van der Waals surface area contributed by atoms with Gasteiger partial charge in [0.05, 0.1) is 19.8 Å². The Balaban J connectivity index is 3.43. The number of aliphatic hydroxyl groups is 1. The van der Waals surface area contributed by atoms with Crippen molar-refractivity contribution < 1.29 is 28.7 Å². The number of nitrogens with zero attached hydrogens (tertiary/aromatic N) is 1. The van der Waals surface area contributed by atoms with E-state index in [9.17, 15) is 4.57 Å². The second-order valence-electron chi connectivity index (χ2n) is 6.68. The maximum absolute atomic E-state index is 10.6. The first kappa shape index (κ1) is 26.0. The summed E-state index contributed by atoms with van der Waals surface area (Å²) in [5, 5.41) is 9.02. The molecule has 0 rings (SSSR count). The van der Waals surface area contributed by atoms with Crippen LogP contribution in [0, 0.1) is 0 Å². The summed E-state index contributed by atoms with van der Waals surface area (Å²) in [5.74, 6) is 0. The number of aliphatic hydroxyl groups excluding tert-OH is 1. The molecule has 0 aliphatic heterocycles. The minimum absolute atomic E-state index is 0.00560. The number of phosphoric acid groups is 1. The van der Waals surface area contributed by atoms with Crippen LogP contribution >= 0.6 is 7.82 Å². The molecule has 0 aromatic carbocycles. The van der Waals surface area contributed by atoms with Crippen LogP contribution in [0.15, 0.2) is 0 Å². The van der Waals surface area contributed by atoms with Crippen LogP contribution in [0.5, 0.6) is 0 Å². The lowest BCUT2D eigenvalue weighted by Crippen LogP contribution is -2.33. The van der Waals surface area contributed by atoms with Crippen molar-refractivity contribution >= 4 is 7.82 Å². The zero-order chi connectivity index (χ0) is 19.5. The normalized spacial score (nSPS) is 12.2. The number of unbranched alkanes of at least 4 members (excludes halogenated alkanes) is 9. The van der Waals surface area contributed by atoms with E-state index in [4.69, 9.17) is 19.6 Å². The van der Waals surface area contributed by atoms with Crippen LogP contribution in [-0.2, 0) is 13.8 Å². The van der Waals surface area contributed by atoms with Gasteiger partial charge in [0.15, 0.2) is 0 Å². The van der Waals surface area contributed by atoms with Gasteiger partial charge in [0.1, 0.15) is 0 Å². The molecule has 0 aromatic heterocycles. The zero-order valence-electron chi connectivity index (χ0n) is 16.5. The second-order valence-corrected chi connectivity index (χ2v) is 7.92. The van der Waals surface area contributed by atoms with Crippen molar-refractivity contribution in [3.8, 4) is 0 Å². The van der Waals surface area contributed by atoms with E-state index >= 15 is 0 Å². The summed E-state index contributed by atoms with van der Waals surface area (Å²) >= 11 is 0. The standard InChI is InChI=1S/C18H40NO6P/c1-2-3-4-5-6-7-8-9-10-11-16-24-17-13-19(12-15-20)14-18-25-26(21,22)23/h20H,2-18H2,1H3,(H2,21,22,23). The van der Waals surface area contributed by atoms with Gasteiger partial charge in [-0.15, -0.1) is 0 Å². The minimum atomic E-state index is -4.42. The molecule has 7 nitrogen and oxygen atoms in total. The van der Waals surface area contributed by atoms with E-state index in [0.29, 0.717) is 26.2 Å². The number of rotatable bonds is 20. The molecule has 0 amide bonds. The largest absolute Gasteiger partial charge is 0.469 e. The Labute approximate surface area is 159 Å². The Morgan fingerprint density at radius 1 is 0.769 bits per heavy atom. The van der Waals surface area contributed by atoms with E-state index in [0.717, 1.165) is 13.0 Å². The van der Waals surface area contributed by atoms with E-state index in [-0.39, 0.29) is 13.2 Å². The average Bonchev–Trinajstić information content (AvgIpc) is 2.58. The van der Waals surface area contributed by atoms with Gasteiger partial charge < -0.3 is 19.6 Å². The third-order valence-electron chi connectivity index (χ3n) is 4.28. The number of hydrogen-bond donors (Lipinski definition) is 3. The molecular weight excluding hydrogens is 357 g/mol. The average molecular weight is 397 g/mol. The highest BCUT2D eigenvalue weighted by atomic mass is 31.2. The fraction of sp³-hybridized carbons (Fsp3) is 1.00. The van der Waals surface area contributed by atoms with Crippen molar-refractivity contribution in [1.82, 2.24) is 4.90 Å². The first-order chi connectivity index (χ1) is 12.5. The quantitative estimate of drug-likeness (QED) is 0.214. The molecule has 0 bridgehead atoms. The number of phosphoric ester groups is 1.